The Kier molecular flexibility index (Phi) is 9.04. The van der Waals surface area contributed by atoms with E-state index < -0.39 is 0 Å². The number of carbonyl (C=O) groups excluding carboxylic acids is 1. The number of hydrogen-bond donors (Lipinski definition) is 0. The number of piperidine rings is 1. The lowest BCUT2D eigenvalue weighted by Gasteiger charge is -2.38. The standard InChI is InChI=1S/C29H33ClN2O3/c1-2-34-27-12-8-24(9-13-27)21-32(29(33)22-35-28-14-10-25(30)11-15-28)26-16-18-31(19-17-26)20-23-6-4-3-5-7-23/h3-15,26H,2,16-22H2,1H3. The van der Waals surface area contributed by atoms with E-state index in [0.717, 1.165) is 43.8 Å². The van der Waals surface area contributed by atoms with Gasteiger partial charge in [-0.25, -0.2) is 0 Å². The molecule has 0 bridgehead atoms. The summed E-state index contributed by atoms with van der Waals surface area (Å²) in [7, 11) is 0. The second-order valence-electron chi connectivity index (χ2n) is 8.83. The maximum absolute atomic E-state index is 13.4. The number of carbonyl (C=O) groups is 1. The van der Waals surface area contributed by atoms with Crippen molar-refractivity contribution in [2.24, 2.45) is 0 Å². The van der Waals surface area contributed by atoms with E-state index in [1.165, 1.54) is 5.56 Å². The van der Waals surface area contributed by atoms with Gasteiger partial charge < -0.3 is 14.4 Å². The maximum Gasteiger partial charge on any atom is 0.261 e. The van der Waals surface area contributed by atoms with Crippen LogP contribution in [0, 0.1) is 0 Å². The van der Waals surface area contributed by atoms with E-state index in [1.54, 1.807) is 24.3 Å². The number of rotatable bonds is 10. The quantitative estimate of drug-likeness (QED) is 0.358. The highest BCUT2D eigenvalue weighted by molar-refractivity contribution is 6.30. The monoisotopic (exact) mass is 492 g/mol. The summed E-state index contributed by atoms with van der Waals surface area (Å²) in [5.41, 5.74) is 2.41. The Morgan fingerprint density at radius 1 is 0.886 bits per heavy atom. The molecule has 35 heavy (non-hydrogen) atoms. The third kappa shape index (κ3) is 7.48. The van der Waals surface area contributed by atoms with Crippen molar-refractivity contribution in [1.82, 2.24) is 9.80 Å². The molecule has 0 unspecified atom stereocenters. The van der Waals surface area contributed by atoms with Crippen molar-refractivity contribution in [3.63, 3.8) is 0 Å². The Hall–Kier alpha value is -3.02. The highest BCUT2D eigenvalue weighted by atomic mass is 35.5. The number of ether oxygens (including phenoxy) is 2. The summed E-state index contributed by atoms with van der Waals surface area (Å²) in [4.78, 5) is 17.8. The van der Waals surface area contributed by atoms with Crippen molar-refractivity contribution in [2.75, 3.05) is 26.3 Å². The van der Waals surface area contributed by atoms with Gasteiger partial charge in [-0.05, 0) is 67.3 Å². The third-order valence-corrected chi connectivity index (χ3v) is 6.58. The molecule has 1 aliphatic heterocycles. The van der Waals surface area contributed by atoms with Crippen LogP contribution in [0.1, 0.15) is 30.9 Å². The fraction of sp³-hybridized carbons (Fsp3) is 0.345. The molecule has 5 nitrogen and oxygen atoms in total. The SMILES string of the molecule is CCOc1ccc(CN(C(=O)COc2ccc(Cl)cc2)C2CCN(Cc3ccccc3)CC2)cc1. The largest absolute Gasteiger partial charge is 0.494 e. The van der Waals surface area contributed by atoms with Crippen LogP contribution >= 0.6 is 11.6 Å². The second kappa shape index (κ2) is 12.6. The minimum absolute atomic E-state index is 0.00287. The molecular weight excluding hydrogens is 460 g/mol. The molecule has 1 saturated heterocycles. The van der Waals surface area contributed by atoms with Gasteiger partial charge in [-0.2, -0.15) is 0 Å². The summed E-state index contributed by atoms with van der Waals surface area (Å²) < 4.78 is 11.4. The van der Waals surface area contributed by atoms with Crippen LogP contribution in [0.25, 0.3) is 0 Å². The van der Waals surface area contributed by atoms with Gasteiger partial charge >= 0.3 is 0 Å². The molecule has 0 aliphatic carbocycles. The van der Waals surface area contributed by atoms with Gasteiger partial charge in [0.1, 0.15) is 11.5 Å². The fourth-order valence-corrected chi connectivity index (χ4v) is 4.59. The molecule has 0 saturated carbocycles. The zero-order valence-corrected chi connectivity index (χ0v) is 21.0. The van der Waals surface area contributed by atoms with Gasteiger partial charge in [0.05, 0.1) is 6.61 Å². The zero-order valence-electron chi connectivity index (χ0n) is 20.2. The predicted molar refractivity (Wildman–Crippen MR) is 140 cm³/mol. The van der Waals surface area contributed by atoms with Crippen molar-refractivity contribution in [3.8, 4) is 11.5 Å². The van der Waals surface area contributed by atoms with E-state index in [4.69, 9.17) is 21.1 Å². The van der Waals surface area contributed by atoms with Crippen molar-refractivity contribution in [3.05, 3.63) is 95.0 Å². The Balaban J connectivity index is 1.40. The van der Waals surface area contributed by atoms with Crippen molar-refractivity contribution < 1.29 is 14.3 Å². The minimum Gasteiger partial charge on any atom is -0.494 e. The molecule has 3 aromatic rings. The maximum atomic E-state index is 13.4. The van der Waals surface area contributed by atoms with Crippen LogP contribution < -0.4 is 9.47 Å². The molecule has 3 aromatic carbocycles. The number of hydrogen-bond acceptors (Lipinski definition) is 4. The van der Waals surface area contributed by atoms with Crippen LogP contribution in [0.5, 0.6) is 11.5 Å². The lowest BCUT2D eigenvalue weighted by Crippen LogP contribution is -2.48. The van der Waals surface area contributed by atoms with E-state index in [1.807, 2.05) is 42.2 Å². The van der Waals surface area contributed by atoms with E-state index in [2.05, 4.69) is 29.2 Å². The minimum atomic E-state index is -0.00431. The van der Waals surface area contributed by atoms with Gasteiger partial charge in [0.25, 0.3) is 5.91 Å². The van der Waals surface area contributed by atoms with Crippen LogP contribution in [0.4, 0.5) is 0 Å². The molecule has 1 aliphatic rings. The van der Waals surface area contributed by atoms with Crippen molar-refractivity contribution in [2.45, 2.75) is 38.9 Å². The molecule has 0 N–H and O–H groups in total. The van der Waals surface area contributed by atoms with E-state index in [-0.39, 0.29) is 18.6 Å². The van der Waals surface area contributed by atoms with Gasteiger partial charge in [0.15, 0.2) is 6.61 Å². The van der Waals surface area contributed by atoms with Gasteiger partial charge in [-0.3, -0.25) is 9.69 Å². The van der Waals surface area contributed by atoms with Crippen LogP contribution in [0.2, 0.25) is 5.02 Å². The molecule has 1 fully saturated rings. The van der Waals surface area contributed by atoms with Crippen LogP contribution in [-0.2, 0) is 17.9 Å². The average Bonchev–Trinajstić information content (AvgIpc) is 2.89. The molecule has 0 spiro atoms. The molecule has 0 aromatic heterocycles. The first kappa shape index (κ1) is 25.1. The Morgan fingerprint density at radius 2 is 1.51 bits per heavy atom. The molecule has 0 radical (unpaired) electrons. The van der Waals surface area contributed by atoms with E-state index in [0.29, 0.717) is 23.9 Å². The normalized spacial score (nSPS) is 14.5. The highest BCUT2D eigenvalue weighted by Crippen LogP contribution is 2.23. The summed E-state index contributed by atoms with van der Waals surface area (Å²) in [6.07, 6.45) is 1.88. The molecule has 1 heterocycles. The van der Waals surface area contributed by atoms with Crippen molar-refractivity contribution in [1.29, 1.82) is 0 Å². The molecule has 184 valence electrons. The summed E-state index contributed by atoms with van der Waals surface area (Å²) in [6.45, 7) is 6.03. The van der Waals surface area contributed by atoms with Crippen LogP contribution in [0.3, 0.4) is 0 Å². The molecule has 0 atom stereocenters. The first-order chi connectivity index (χ1) is 17.1. The fourth-order valence-electron chi connectivity index (χ4n) is 4.46. The topological polar surface area (TPSA) is 42.0 Å². The van der Waals surface area contributed by atoms with Gasteiger partial charge in [-0.1, -0.05) is 54.1 Å². The lowest BCUT2D eigenvalue weighted by atomic mass is 10.0. The number of benzene rings is 3. The van der Waals surface area contributed by atoms with E-state index >= 15 is 0 Å². The zero-order chi connectivity index (χ0) is 24.5. The van der Waals surface area contributed by atoms with Crippen LogP contribution in [0.15, 0.2) is 78.9 Å². The summed E-state index contributed by atoms with van der Waals surface area (Å²) >= 11 is 5.97. The number of nitrogens with zero attached hydrogens (tertiary/aromatic N) is 2. The van der Waals surface area contributed by atoms with Gasteiger partial charge in [-0.15, -0.1) is 0 Å². The van der Waals surface area contributed by atoms with Gasteiger partial charge in [0.2, 0.25) is 0 Å². The average molecular weight is 493 g/mol. The molecule has 6 heteroatoms. The molecule has 4 rings (SSSR count). The van der Waals surface area contributed by atoms with Gasteiger partial charge in [0, 0.05) is 37.2 Å². The summed E-state index contributed by atoms with van der Waals surface area (Å²) in [6, 6.07) is 25.8. The summed E-state index contributed by atoms with van der Waals surface area (Å²) in [5, 5.41) is 0.642. The Bertz CT molecular complexity index is 1050. The molecule has 1 amide bonds. The second-order valence-corrected chi connectivity index (χ2v) is 9.27. The highest BCUT2D eigenvalue weighted by Gasteiger charge is 2.28. The smallest absolute Gasteiger partial charge is 0.261 e. The predicted octanol–water partition coefficient (Wildman–Crippen LogP) is 5.81. The lowest BCUT2D eigenvalue weighted by molar-refractivity contribution is -0.137. The van der Waals surface area contributed by atoms with Crippen molar-refractivity contribution >= 4 is 17.5 Å². The summed E-state index contributed by atoms with van der Waals surface area (Å²) in [5.74, 6) is 1.48. The number of amides is 1. The third-order valence-electron chi connectivity index (χ3n) is 6.33. The van der Waals surface area contributed by atoms with E-state index in [9.17, 15) is 4.79 Å². The molecular formula is C29H33ClN2O3. The number of halogens is 1. The first-order valence-corrected chi connectivity index (χ1v) is 12.6. The first-order valence-electron chi connectivity index (χ1n) is 12.3. The Morgan fingerprint density at radius 3 is 2.17 bits per heavy atom. The van der Waals surface area contributed by atoms with Crippen LogP contribution in [-0.4, -0.2) is 48.1 Å². The Labute approximate surface area is 213 Å². The number of likely N-dealkylation sites (tertiary alicyclic amines) is 1.